The van der Waals surface area contributed by atoms with Crippen molar-refractivity contribution in [3.8, 4) is 0 Å². The predicted octanol–water partition coefficient (Wildman–Crippen LogP) is 4.39. The summed E-state index contributed by atoms with van der Waals surface area (Å²) in [6, 6.07) is 18.2. The van der Waals surface area contributed by atoms with E-state index >= 15 is 0 Å². The highest BCUT2D eigenvalue weighted by atomic mass is 14.9. The highest BCUT2D eigenvalue weighted by Gasteiger charge is 2.37. The predicted molar refractivity (Wildman–Crippen MR) is 93.8 cm³/mol. The van der Waals surface area contributed by atoms with Crippen molar-refractivity contribution in [1.29, 1.82) is 0 Å². The summed E-state index contributed by atoms with van der Waals surface area (Å²) in [5.74, 6) is 0. The molecule has 0 aromatic heterocycles. The summed E-state index contributed by atoms with van der Waals surface area (Å²) in [6.07, 6.45) is 11.6. The Kier molecular flexibility index (Phi) is 3.24. The lowest BCUT2D eigenvalue weighted by Crippen LogP contribution is -2.35. The Labute approximate surface area is 132 Å². The van der Waals surface area contributed by atoms with Crippen molar-refractivity contribution >= 4 is 12.2 Å². The molecule has 2 aromatic carbocycles. The molecule has 0 heterocycles. The highest BCUT2D eigenvalue weighted by Crippen LogP contribution is 2.46. The van der Waals surface area contributed by atoms with E-state index in [9.17, 15) is 0 Å². The van der Waals surface area contributed by atoms with Gasteiger partial charge in [-0.15, -0.1) is 0 Å². The van der Waals surface area contributed by atoms with Crippen molar-refractivity contribution in [2.24, 2.45) is 0 Å². The van der Waals surface area contributed by atoms with Crippen LogP contribution >= 0.6 is 0 Å². The first-order valence-corrected chi connectivity index (χ1v) is 8.07. The number of hydrogen-bond donors (Lipinski definition) is 1. The maximum atomic E-state index is 3.39. The first kappa shape index (κ1) is 13.5. The van der Waals surface area contributed by atoms with Crippen LogP contribution in [0, 0.1) is 0 Å². The summed E-state index contributed by atoms with van der Waals surface area (Å²) in [6.45, 7) is 0. The van der Waals surface area contributed by atoms with Crippen LogP contribution in [0.1, 0.15) is 35.1 Å². The molecular weight excluding hydrogens is 266 g/mol. The van der Waals surface area contributed by atoms with E-state index in [0.717, 1.165) is 12.8 Å². The summed E-state index contributed by atoms with van der Waals surface area (Å²) in [4.78, 5) is 0. The third kappa shape index (κ3) is 1.97. The van der Waals surface area contributed by atoms with Crippen LogP contribution in [0.25, 0.3) is 12.2 Å². The maximum Gasteiger partial charge on any atom is 0.0395 e. The van der Waals surface area contributed by atoms with Crippen molar-refractivity contribution in [3.05, 3.63) is 82.9 Å². The van der Waals surface area contributed by atoms with Crippen LogP contribution in [-0.2, 0) is 5.41 Å². The Bertz CT molecular complexity index is 705. The zero-order valence-corrected chi connectivity index (χ0v) is 12.9. The van der Waals surface area contributed by atoms with E-state index < -0.39 is 0 Å². The standard InChI is InChI=1S/C21H21N/c1-22-18-12-14-21(15-13-18)19-8-4-2-6-16(19)10-11-17-7-3-5-9-20(17)21/h2-12,14,18,22H,13,15H2,1H3. The fourth-order valence-electron chi connectivity index (χ4n) is 3.95. The number of rotatable bonds is 1. The lowest BCUT2D eigenvalue weighted by atomic mass is 9.66. The smallest absolute Gasteiger partial charge is 0.0395 e. The summed E-state index contributed by atoms with van der Waals surface area (Å²) in [5, 5.41) is 3.39. The van der Waals surface area contributed by atoms with Gasteiger partial charge in [-0.25, -0.2) is 0 Å². The van der Waals surface area contributed by atoms with Gasteiger partial charge in [-0.1, -0.05) is 72.8 Å². The van der Waals surface area contributed by atoms with E-state index in [0.29, 0.717) is 6.04 Å². The molecule has 1 atom stereocenters. The zero-order valence-electron chi connectivity index (χ0n) is 12.9. The fraction of sp³-hybridized carbons (Fsp3) is 0.238. The SMILES string of the molecule is CNC1C=CC2(CC1)c1ccccc1C=Cc1ccccc12. The van der Waals surface area contributed by atoms with Gasteiger partial charge in [-0.3, -0.25) is 0 Å². The molecule has 0 saturated carbocycles. The van der Waals surface area contributed by atoms with Gasteiger partial charge >= 0.3 is 0 Å². The van der Waals surface area contributed by atoms with E-state index in [1.807, 2.05) is 7.05 Å². The zero-order chi connectivity index (χ0) is 15.0. The molecule has 1 N–H and O–H groups in total. The van der Waals surface area contributed by atoms with E-state index in [2.05, 4.69) is 78.2 Å². The van der Waals surface area contributed by atoms with Gasteiger partial charge in [-0.2, -0.15) is 0 Å². The molecule has 1 nitrogen and oxygen atoms in total. The van der Waals surface area contributed by atoms with Gasteiger partial charge in [0.15, 0.2) is 0 Å². The van der Waals surface area contributed by atoms with Crippen LogP contribution in [0.15, 0.2) is 60.7 Å². The molecule has 4 rings (SSSR count). The van der Waals surface area contributed by atoms with Crippen LogP contribution < -0.4 is 5.32 Å². The molecule has 110 valence electrons. The minimum Gasteiger partial charge on any atom is -0.314 e. The van der Waals surface area contributed by atoms with Crippen LogP contribution in [0.4, 0.5) is 0 Å². The Morgan fingerprint density at radius 2 is 1.50 bits per heavy atom. The van der Waals surface area contributed by atoms with E-state index in [1.54, 1.807) is 0 Å². The van der Waals surface area contributed by atoms with Crippen molar-refractivity contribution in [2.45, 2.75) is 24.3 Å². The van der Waals surface area contributed by atoms with Gasteiger partial charge in [-0.05, 0) is 42.1 Å². The number of nitrogens with one attached hydrogen (secondary N) is 1. The molecule has 22 heavy (non-hydrogen) atoms. The largest absolute Gasteiger partial charge is 0.314 e. The van der Waals surface area contributed by atoms with Crippen molar-refractivity contribution < 1.29 is 0 Å². The first-order chi connectivity index (χ1) is 10.8. The van der Waals surface area contributed by atoms with Crippen molar-refractivity contribution in [1.82, 2.24) is 5.32 Å². The number of benzene rings is 2. The van der Waals surface area contributed by atoms with Crippen molar-refractivity contribution in [3.63, 3.8) is 0 Å². The van der Waals surface area contributed by atoms with Crippen LogP contribution in [0.2, 0.25) is 0 Å². The summed E-state index contributed by atoms with van der Waals surface area (Å²) in [5.41, 5.74) is 5.55. The van der Waals surface area contributed by atoms with Crippen LogP contribution in [0.5, 0.6) is 0 Å². The van der Waals surface area contributed by atoms with E-state index in [-0.39, 0.29) is 5.41 Å². The van der Waals surface area contributed by atoms with E-state index in [1.165, 1.54) is 22.3 Å². The number of hydrogen-bond acceptors (Lipinski definition) is 1. The number of fused-ring (bicyclic) bond motifs is 4. The highest BCUT2D eigenvalue weighted by molar-refractivity contribution is 5.78. The quantitative estimate of drug-likeness (QED) is 0.767. The lowest BCUT2D eigenvalue weighted by molar-refractivity contribution is 0.467. The Balaban J connectivity index is 1.99. The van der Waals surface area contributed by atoms with Gasteiger partial charge < -0.3 is 5.32 Å². The van der Waals surface area contributed by atoms with Crippen LogP contribution in [-0.4, -0.2) is 13.1 Å². The summed E-state index contributed by atoms with van der Waals surface area (Å²) < 4.78 is 0. The molecule has 0 amide bonds. The molecule has 2 aliphatic rings. The number of allylic oxidation sites excluding steroid dienone is 1. The molecule has 1 heteroatoms. The maximum absolute atomic E-state index is 3.39. The molecule has 1 spiro atoms. The van der Waals surface area contributed by atoms with Gasteiger partial charge in [0.25, 0.3) is 0 Å². The second-order valence-corrected chi connectivity index (χ2v) is 6.27. The monoisotopic (exact) mass is 287 g/mol. The second kappa shape index (κ2) is 5.26. The minimum absolute atomic E-state index is 0.00400. The van der Waals surface area contributed by atoms with Crippen molar-refractivity contribution in [2.75, 3.05) is 7.05 Å². The molecule has 2 aromatic rings. The molecular formula is C21H21N. The second-order valence-electron chi connectivity index (χ2n) is 6.27. The summed E-state index contributed by atoms with van der Waals surface area (Å²) >= 11 is 0. The first-order valence-electron chi connectivity index (χ1n) is 8.07. The van der Waals surface area contributed by atoms with Gasteiger partial charge in [0.2, 0.25) is 0 Å². The van der Waals surface area contributed by atoms with Gasteiger partial charge in [0.1, 0.15) is 0 Å². The Morgan fingerprint density at radius 3 is 2.00 bits per heavy atom. The Morgan fingerprint density at radius 1 is 0.909 bits per heavy atom. The van der Waals surface area contributed by atoms with Crippen LogP contribution in [0.3, 0.4) is 0 Å². The van der Waals surface area contributed by atoms with Gasteiger partial charge in [0, 0.05) is 11.5 Å². The normalized spacial score (nSPS) is 21.2. The fourth-order valence-corrected chi connectivity index (χ4v) is 3.95. The molecule has 0 aliphatic heterocycles. The minimum atomic E-state index is 0.00400. The average Bonchev–Trinajstić information content (AvgIpc) is 2.73. The molecule has 1 unspecified atom stereocenters. The Hall–Kier alpha value is -2.12. The summed E-state index contributed by atoms with van der Waals surface area (Å²) in [7, 11) is 2.05. The molecule has 0 radical (unpaired) electrons. The third-order valence-electron chi connectivity index (χ3n) is 5.16. The molecule has 0 bridgehead atoms. The van der Waals surface area contributed by atoms with E-state index in [4.69, 9.17) is 0 Å². The third-order valence-corrected chi connectivity index (χ3v) is 5.16. The van der Waals surface area contributed by atoms with Gasteiger partial charge in [0.05, 0.1) is 0 Å². The molecule has 2 aliphatic carbocycles. The topological polar surface area (TPSA) is 12.0 Å². The average molecular weight is 287 g/mol. The lowest BCUT2D eigenvalue weighted by Gasteiger charge is -2.38. The number of likely N-dealkylation sites (N-methyl/N-ethyl adjacent to an activating group) is 1. The molecule has 0 saturated heterocycles. The molecule has 0 fully saturated rings.